The molecule has 2 aromatic rings. The number of piperidine rings is 1. The first-order chi connectivity index (χ1) is 12.5. The molecule has 4 heteroatoms. The molecule has 26 heavy (non-hydrogen) atoms. The summed E-state index contributed by atoms with van der Waals surface area (Å²) in [6.45, 7) is 6.38. The van der Waals surface area contributed by atoms with Crippen LogP contribution in [0.15, 0.2) is 48.5 Å². The number of nitrogens with two attached hydrogens (primary N) is 1. The van der Waals surface area contributed by atoms with E-state index in [1.165, 1.54) is 16.7 Å². The Morgan fingerprint density at radius 1 is 1.23 bits per heavy atom. The summed E-state index contributed by atoms with van der Waals surface area (Å²) < 4.78 is 0. The van der Waals surface area contributed by atoms with Crippen LogP contribution in [0.3, 0.4) is 0 Å². The second-order valence-corrected chi connectivity index (χ2v) is 7.35. The Labute approximate surface area is 155 Å². The Kier molecular flexibility index (Phi) is 6.07. The third kappa shape index (κ3) is 4.51. The smallest absolute Gasteiger partial charge is 0.221 e. The van der Waals surface area contributed by atoms with Gasteiger partial charge in [-0.05, 0) is 47.1 Å². The van der Waals surface area contributed by atoms with E-state index in [4.69, 9.17) is 10.6 Å². The predicted octanol–water partition coefficient (Wildman–Crippen LogP) is 4.11. The summed E-state index contributed by atoms with van der Waals surface area (Å²) in [6, 6.07) is 17.0. The molecule has 1 atom stereocenters. The summed E-state index contributed by atoms with van der Waals surface area (Å²) in [7, 11) is 0. The van der Waals surface area contributed by atoms with Crippen LogP contribution in [-0.4, -0.2) is 24.1 Å². The van der Waals surface area contributed by atoms with Gasteiger partial charge in [0.1, 0.15) is 0 Å². The van der Waals surface area contributed by atoms with Crippen LogP contribution in [-0.2, 0) is 16.2 Å². The van der Waals surface area contributed by atoms with Crippen molar-refractivity contribution >= 4 is 5.91 Å². The minimum Gasteiger partial charge on any atom is -0.369 e. The molecule has 1 aliphatic heterocycles. The van der Waals surface area contributed by atoms with Gasteiger partial charge in [0.2, 0.25) is 5.91 Å². The molecule has 3 rings (SSSR count). The van der Waals surface area contributed by atoms with Gasteiger partial charge in [0, 0.05) is 13.1 Å². The number of hydroxylamine groups is 2. The fourth-order valence-corrected chi connectivity index (χ4v) is 3.55. The van der Waals surface area contributed by atoms with E-state index in [0.29, 0.717) is 19.1 Å². The van der Waals surface area contributed by atoms with Gasteiger partial charge in [-0.2, -0.15) is 5.06 Å². The molecule has 2 N–H and O–H groups in total. The first-order valence-corrected chi connectivity index (χ1v) is 9.40. The van der Waals surface area contributed by atoms with E-state index in [9.17, 15) is 4.79 Å². The summed E-state index contributed by atoms with van der Waals surface area (Å²) in [4.78, 5) is 17.3. The number of benzene rings is 2. The minimum absolute atomic E-state index is 0.104. The van der Waals surface area contributed by atoms with Gasteiger partial charge >= 0.3 is 0 Å². The van der Waals surface area contributed by atoms with E-state index in [2.05, 4.69) is 62.4 Å². The van der Waals surface area contributed by atoms with Crippen LogP contribution in [0.5, 0.6) is 0 Å². The van der Waals surface area contributed by atoms with Crippen molar-refractivity contribution in [1.29, 1.82) is 0 Å². The Balaban J connectivity index is 1.70. The van der Waals surface area contributed by atoms with E-state index in [1.807, 2.05) is 5.06 Å². The lowest BCUT2D eigenvalue weighted by atomic mass is 9.92. The zero-order chi connectivity index (χ0) is 18.5. The van der Waals surface area contributed by atoms with E-state index in [1.54, 1.807) is 0 Å². The van der Waals surface area contributed by atoms with Crippen LogP contribution in [0.1, 0.15) is 43.7 Å². The molecule has 1 heterocycles. The lowest BCUT2D eigenvalue weighted by Gasteiger charge is -2.30. The minimum atomic E-state index is -0.231. The van der Waals surface area contributed by atoms with E-state index >= 15 is 0 Å². The quantitative estimate of drug-likeness (QED) is 0.851. The maximum Gasteiger partial charge on any atom is 0.221 e. The molecule has 2 aromatic carbocycles. The number of hydrogen-bond donors (Lipinski definition) is 1. The normalized spacial score (nSPS) is 18.2. The maximum absolute atomic E-state index is 11.4. The average molecular weight is 352 g/mol. The molecule has 1 aliphatic rings. The maximum atomic E-state index is 11.4. The lowest BCUT2D eigenvalue weighted by molar-refractivity contribution is -0.189. The third-order valence-corrected chi connectivity index (χ3v) is 5.02. The Bertz CT molecular complexity index is 757. The third-order valence-electron chi connectivity index (χ3n) is 5.02. The van der Waals surface area contributed by atoms with Gasteiger partial charge in [-0.1, -0.05) is 56.3 Å². The highest BCUT2D eigenvalue weighted by Gasteiger charge is 2.24. The van der Waals surface area contributed by atoms with Crippen LogP contribution < -0.4 is 5.73 Å². The van der Waals surface area contributed by atoms with Gasteiger partial charge in [-0.25, -0.2) is 0 Å². The highest BCUT2D eigenvalue weighted by Crippen LogP contribution is 2.29. The Hall–Kier alpha value is -2.17. The Morgan fingerprint density at radius 3 is 2.81 bits per heavy atom. The summed E-state index contributed by atoms with van der Waals surface area (Å²) in [5, 5.41) is 1.88. The molecule has 4 nitrogen and oxygen atoms in total. The van der Waals surface area contributed by atoms with Crippen molar-refractivity contribution < 1.29 is 9.63 Å². The number of hydrogen-bond acceptors (Lipinski definition) is 3. The average Bonchev–Trinajstić information content (AvgIpc) is 2.67. The summed E-state index contributed by atoms with van der Waals surface area (Å²) in [5.74, 6) is 0.142. The molecular formula is C22H28N2O2. The van der Waals surface area contributed by atoms with Crippen molar-refractivity contribution in [3.8, 4) is 11.1 Å². The Morgan fingerprint density at radius 2 is 2.04 bits per heavy atom. The van der Waals surface area contributed by atoms with Crippen molar-refractivity contribution in [2.24, 2.45) is 11.7 Å². The standard InChI is InChI=1S/C22H28N2O2/c1-16(2)20-10-3-4-11-21(20)18-8-5-7-17(13-18)15-26-24-12-6-9-19(14-24)22(23)25/h3-5,7-8,10-11,13,16,19H,6,9,12,14-15H2,1-2H3,(H2,23,25). The molecule has 0 radical (unpaired) electrons. The molecule has 0 aromatic heterocycles. The SMILES string of the molecule is CC(C)c1ccccc1-c1cccc(CON2CCCC(C(N)=O)C2)c1. The van der Waals surface area contributed by atoms with E-state index in [-0.39, 0.29) is 11.8 Å². The van der Waals surface area contributed by atoms with Crippen LogP contribution in [0.4, 0.5) is 0 Å². The van der Waals surface area contributed by atoms with Crippen molar-refractivity contribution in [3.05, 3.63) is 59.7 Å². The van der Waals surface area contributed by atoms with Gasteiger partial charge in [-0.15, -0.1) is 0 Å². The monoisotopic (exact) mass is 352 g/mol. The summed E-state index contributed by atoms with van der Waals surface area (Å²) >= 11 is 0. The van der Waals surface area contributed by atoms with Crippen LogP contribution in [0.2, 0.25) is 0 Å². The van der Waals surface area contributed by atoms with Crippen molar-refractivity contribution in [1.82, 2.24) is 5.06 Å². The summed E-state index contributed by atoms with van der Waals surface area (Å²) in [6.07, 6.45) is 1.80. The van der Waals surface area contributed by atoms with Gasteiger partial charge < -0.3 is 5.73 Å². The van der Waals surface area contributed by atoms with Crippen LogP contribution in [0.25, 0.3) is 11.1 Å². The zero-order valence-corrected chi connectivity index (χ0v) is 15.7. The molecule has 1 fully saturated rings. The molecule has 0 saturated carbocycles. The van der Waals surface area contributed by atoms with Gasteiger partial charge in [0.25, 0.3) is 0 Å². The number of amides is 1. The molecule has 1 amide bonds. The topological polar surface area (TPSA) is 55.6 Å². The molecular weight excluding hydrogens is 324 g/mol. The van der Waals surface area contributed by atoms with Crippen molar-refractivity contribution in [2.75, 3.05) is 13.1 Å². The van der Waals surface area contributed by atoms with Gasteiger partial charge in [0.15, 0.2) is 0 Å². The predicted molar refractivity (Wildman–Crippen MR) is 104 cm³/mol. The fraction of sp³-hybridized carbons (Fsp3) is 0.409. The number of nitrogens with zero attached hydrogens (tertiary/aromatic N) is 1. The zero-order valence-electron chi connectivity index (χ0n) is 15.7. The van der Waals surface area contributed by atoms with Crippen molar-refractivity contribution in [2.45, 2.75) is 39.2 Å². The molecule has 138 valence electrons. The molecule has 1 saturated heterocycles. The molecule has 0 bridgehead atoms. The molecule has 1 unspecified atom stereocenters. The second-order valence-electron chi connectivity index (χ2n) is 7.35. The first-order valence-electron chi connectivity index (χ1n) is 9.40. The number of carbonyl (C=O) groups excluding carboxylic acids is 1. The fourth-order valence-electron chi connectivity index (χ4n) is 3.55. The highest BCUT2D eigenvalue weighted by molar-refractivity contribution is 5.76. The van der Waals surface area contributed by atoms with Crippen molar-refractivity contribution in [3.63, 3.8) is 0 Å². The highest BCUT2D eigenvalue weighted by atomic mass is 16.7. The second kappa shape index (κ2) is 8.47. The number of primary amides is 1. The number of carbonyl (C=O) groups is 1. The summed E-state index contributed by atoms with van der Waals surface area (Å²) in [5.41, 5.74) is 10.4. The first kappa shape index (κ1) is 18.6. The van der Waals surface area contributed by atoms with Gasteiger partial charge in [-0.3, -0.25) is 9.63 Å². The van der Waals surface area contributed by atoms with E-state index < -0.39 is 0 Å². The van der Waals surface area contributed by atoms with Crippen LogP contribution in [0, 0.1) is 5.92 Å². The van der Waals surface area contributed by atoms with E-state index in [0.717, 1.165) is 24.9 Å². The largest absolute Gasteiger partial charge is 0.369 e. The van der Waals surface area contributed by atoms with Gasteiger partial charge in [0.05, 0.1) is 12.5 Å². The lowest BCUT2D eigenvalue weighted by Crippen LogP contribution is -2.40. The number of rotatable bonds is 6. The molecule has 0 spiro atoms. The van der Waals surface area contributed by atoms with Crippen LogP contribution >= 0.6 is 0 Å². The molecule has 0 aliphatic carbocycles.